The average Bonchev–Trinajstić information content (AvgIpc) is 3.10. The Morgan fingerprint density at radius 2 is 2.00 bits per heavy atom. The SMILES string of the molecule is Cc1ccc(OC(F)F)c(C(=O)CSc2nnnn2-c2ccccc2)c1. The minimum absolute atomic E-state index is 0.0176. The minimum Gasteiger partial charge on any atom is -0.434 e. The van der Waals surface area contributed by atoms with Gasteiger partial charge in [-0.25, -0.2) is 0 Å². The quantitative estimate of drug-likeness (QED) is 0.464. The first-order valence-electron chi connectivity index (χ1n) is 7.60. The predicted molar refractivity (Wildman–Crippen MR) is 92.0 cm³/mol. The van der Waals surface area contributed by atoms with E-state index in [9.17, 15) is 13.6 Å². The zero-order valence-electron chi connectivity index (χ0n) is 13.7. The van der Waals surface area contributed by atoms with Crippen LogP contribution in [0.4, 0.5) is 8.78 Å². The summed E-state index contributed by atoms with van der Waals surface area (Å²) in [6.45, 7) is -1.23. The Morgan fingerprint density at radius 1 is 1.23 bits per heavy atom. The van der Waals surface area contributed by atoms with Gasteiger partial charge in [0.25, 0.3) is 0 Å². The van der Waals surface area contributed by atoms with Gasteiger partial charge in [0, 0.05) is 0 Å². The number of carbonyl (C=O) groups excluding carboxylic acids is 1. The van der Waals surface area contributed by atoms with Gasteiger partial charge in [0.2, 0.25) is 5.16 Å². The van der Waals surface area contributed by atoms with Crippen LogP contribution in [0, 0.1) is 6.92 Å². The van der Waals surface area contributed by atoms with E-state index >= 15 is 0 Å². The predicted octanol–water partition coefficient (Wildman–Crippen LogP) is 3.55. The highest BCUT2D eigenvalue weighted by molar-refractivity contribution is 7.99. The van der Waals surface area contributed by atoms with E-state index in [-0.39, 0.29) is 22.8 Å². The van der Waals surface area contributed by atoms with Gasteiger partial charge in [0.15, 0.2) is 5.78 Å². The molecule has 0 radical (unpaired) electrons. The maximum absolute atomic E-state index is 12.5. The van der Waals surface area contributed by atoms with E-state index in [1.165, 1.54) is 16.8 Å². The summed E-state index contributed by atoms with van der Waals surface area (Å²) in [5.74, 6) is -0.508. The Kier molecular flexibility index (Phi) is 5.57. The fraction of sp³-hybridized carbons (Fsp3) is 0.176. The number of carbonyl (C=O) groups is 1. The van der Waals surface area contributed by atoms with Crippen LogP contribution in [-0.2, 0) is 0 Å². The molecule has 0 N–H and O–H groups in total. The van der Waals surface area contributed by atoms with Crippen molar-refractivity contribution in [2.75, 3.05) is 5.75 Å². The number of thioether (sulfide) groups is 1. The molecule has 0 atom stereocenters. The second kappa shape index (κ2) is 8.05. The van der Waals surface area contributed by atoms with Crippen LogP contribution in [-0.4, -0.2) is 38.4 Å². The van der Waals surface area contributed by atoms with E-state index in [0.717, 1.165) is 23.0 Å². The Bertz CT molecular complexity index is 903. The normalized spacial score (nSPS) is 10.9. The van der Waals surface area contributed by atoms with Crippen LogP contribution in [0.1, 0.15) is 15.9 Å². The summed E-state index contributed by atoms with van der Waals surface area (Å²) in [5, 5.41) is 11.9. The van der Waals surface area contributed by atoms with Crippen LogP contribution < -0.4 is 4.74 Å². The zero-order chi connectivity index (χ0) is 18.5. The molecule has 0 unspecified atom stereocenters. The van der Waals surface area contributed by atoms with E-state index in [4.69, 9.17) is 0 Å². The Hall–Kier alpha value is -2.81. The molecule has 6 nitrogen and oxygen atoms in total. The fourth-order valence-electron chi connectivity index (χ4n) is 2.27. The summed E-state index contributed by atoms with van der Waals surface area (Å²) in [6.07, 6.45) is 0. The van der Waals surface area contributed by atoms with Crippen molar-refractivity contribution in [1.29, 1.82) is 0 Å². The van der Waals surface area contributed by atoms with Gasteiger partial charge in [0.05, 0.1) is 17.0 Å². The third kappa shape index (κ3) is 4.23. The van der Waals surface area contributed by atoms with Crippen LogP contribution in [0.2, 0.25) is 0 Å². The van der Waals surface area contributed by atoms with E-state index < -0.39 is 6.61 Å². The molecule has 2 aromatic carbocycles. The second-order valence-corrected chi connectivity index (χ2v) is 6.24. The van der Waals surface area contributed by atoms with Gasteiger partial charge in [-0.3, -0.25) is 4.79 Å². The number of alkyl halides is 2. The lowest BCUT2D eigenvalue weighted by molar-refractivity contribution is -0.0501. The van der Waals surface area contributed by atoms with Gasteiger partial charge in [-0.15, -0.1) is 5.10 Å². The molecule has 0 aliphatic carbocycles. The Morgan fingerprint density at radius 3 is 2.73 bits per heavy atom. The summed E-state index contributed by atoms with van der Waals surface area (Å²) >= 11 is 1.12. The zero-order valence-corrected chi connectivity index (χ0v) is 14.5. The van der Waals surface area contributed by atoms with Crippen LogP contribution in [0.15, 0.2) is 53.7 Å². The molecule has 3 rings (SSSR count). The number of Topliss-reactive ketones (excluding diaryl/α,β-unsaturated/α-hetero) is 1. The first-order valence-corrected chi connectivity index (χ1v) is 8.58. The summed E-state index contributed by atoms with van der Waals surface area (Å²) in [7, 11) is 0. The monoisotopic (exact) mass is 376 g/mol. The lowest BCUT2D eigenvalue weighted by atomic mass is 10.1. The number of ether oxygens (including phenoxy) is 1. The fourth-order valence-corrected chi connectivity index (χ4v) is 3.04. The van der Waals surface area contributed by atoms with Crippen molar-refractivity contribution in [2.24, 2.45) is 0 Å². The van der Waals surface area contributed by atoms with Crippen molar-refractivity contribution in [3.8, 4) is 11.4 Å². The van der Waals surface area contributed by atoms with Crippen molar-refractivity contribution < 1.29 is 18.3 Å². The lowest BCUT2D eigenvalue weighted by Crippen LogP contribution is -2.10. The number of aryl methyl sites for hydroxylation is 1. The second-order valence-electron chi connectivity index (χ2n) is 5.30. The van der Waals surface area contributed by atoms with E-state index in [0.29, 0.717) is 5.16 Å². The lowest BCUT2D eigenvalue weighted by Gasteiger charge is -2.10. The van der Waals surface area contributed by atoms with Crippen LogP contribution in [0.5, 0.6) is 5.75 Å². The molecule has 0 bridgehead atoms. The average molecular weight is 376 g/mol. The van der Waals surface area contributed by atoms with Crippen LogP contribution in [0.3, 0.4) is 0 Å². The number of benzene rings is 2. The number of nitrogens with zero attached hydrogens (tertiary/aromatic N) is 4. The molecular weight excluding hydrogens is 362 g/mol. The molecule has 134 valence electrons. The molecule has 1 heterocycles. The molecule has 3 aromatic rings. The smallest absolute Gasteiger partial charge is 0.387 e. The van der Waals surface area contributed by atoms with Crippen molar-refractivity contribution >= 4 is 17.5 Å². The Labute approximate surface area is 152 Å². The number of hydrogen-bond donors (Lipinski definition) is 0. The molecule has 0 saturated heterocycles. The number of ketones is 1. The highest BCUT2D eigenvalue weighted by Gasteiger charge is 2.18. The molecule has 0 fully saturated rings. The van der Waals surface area contributed by atoms with Crippen molar-refractivity contribution in [3.05, 3.63) is 59.7 Å². The van der Waals surface area contributed by atoms with Crippen molar-refractivity contribution in [3.63, 3.8) is 0 Å². The minimum atomic E-state index is -3.00. The van der Waals surface area contributed by atoms with Gasteiger partial charge < -0.3 is 4.74 Å². The molecule has 0 aliphatic heterocycles. The van der Waals surface area contributed by atoms with Crippen LogP contribution in [0.25, 0.3) is 5.69 Å². The third-order valence-electron chi connectivity index (χ3n) is 3.43. The van der Waals surface area contributed by atoms with Gasteiger partial charge in [-0.2, -0.15) is 13.5 Å². The number of tetrazole rings is 1. The van der Waals surface area contributed by atoms with Gasteiger partial charge in [0.1, 0.15) is 5.75 Å². The molecule has 0 amide bonds. The maximum Gasteiger partial charge on any atom is 0.387 e. The number of aromatic nitrogens is 4. The third-order valence-corrected chi connectivity index (χ3v) is 4.34. The van der Waals surface area contributed by atoms with Crippen molar-refractivity contribution in [2.45, 2.75) is 18.7 Å². The van der Waals surface area contributed by atoms with Gasteiger partial charge in [-0.1, -0.05) is 41.6 Å². The molecule has 0 spiro atoms. The maximum atomic E-state index is 12.5. The highest BCUT2D eigenvalue weighted by Crippen LogP contribution is 2.25. The molecule has 9 heteroatoms. The van der Waals surface area contributed by atoms with Gasteiger partial charge in [-0.05, 0) is 41.6 Å². The number of para-hydroxylation sites is 1. The first kappa shape index (κ1) is 18.0. The summed E-state index contributed by atoms with van der Waals surface area (Å²) in [6, 6.07) is 13.7. The highest BCUT2D eigenvalue weighted by atomic mass is 32.2. The van der Waals surface area contributed by atoms with E-state index in [1.54, 1.807) is 13.0 Å². The summed E-state index contributed by atoms with van der Waals surface area (Å²) in [5.41, 5.74) is 1.63. The molecule has 0 aliphatic rings. The standard InChI is InChI=1S/C17H14F2N4O2S/c1-11-7-8-15(25-16(18)19)13(9-11)14(24)10-26-17-20-21-22-23(17)12-5-3-2-4-6-12/h2-9,16H,10H2,1H3. The topological polar surface area (TPSA) is 69.9 Å². The summed E-state index contributed by atoms with van der Waals surface area (Å²) in [4.78, 5) is 12.5. The van der Waals surface area contributed by atoms with E-state index in [1.807, 2.05) is 30.3 Å². The molecule has 26 heavy (non-hydrogen) atoms. The Balaban J connectivity index is 1.77. The van der Waals surface area contributed by atoms with E-state index in [2.05, 4.69) is 20.3 Å². The van der Waals surface area contributed by atoms with Crippen molar-refractivity contribution in [1.82, 2.24) is 20.2 Å². The van der Waals surface area contributed by atoms with Gasteiger partial charge >= 0.3 is 6.61 Å². The van der Waals surface area contributed by atoms with Crippen LogP contribution >= 0.6 is 11.8 Å². The first-order chi connectivity index (χ1) is 12.5. The number of rotatable bonds is 7. The number of halogens is 2. The molecule has 1 aromatic heterocycles. The largest absolute Gasteiger partial charge is 0.434 e. The molecule has 0 saturated carbocycles. The number of hydrogen-bond acceptors (Lipinski definition) is 6. The summed E-state index contributed by atoms with van der Waals surface area (Å²) < 4.78 is 31.0. The molecular formula is C17H14F2N4O2S.